The highest BCUT2D eigenvalue weighted by atomic mass is 32.2. The zero-order valence-corrected chi connectivity index (χ0v) is 9.40. The van der Waals surface area contributed by atoms with Crippen molar-refractivity contribution in [2.45, 2.75) is 6.42 Å². The first kappa shape index (κ1) is 11.1. The third-order valence-electron chi connectivity index (χ3n) is 2.62. The average Bonchev–Trinajstić information content (AvgIpc) is 2.65. The number of thioether (sulfide) groups is 1. The van der Waals surface area contributed by atoms with Gasteiger partial charge in [-0.2, -0.15) is 11.8 Å². The summed E-state index contributed by atoms with van der Waals surface area (Å²) in [6, 6.07) is 6.52. The molecule has 84 valence electrons. The summed E-state index contributed by atoms with van der Waals surface area (Å²) >= 11 is 1.64. The minimum absolute atomic E-state index is 0.0343. The SMILES string of the molecule is O=C1CSCC1Cc1cccc([N+](=O)[O-])c1. The van der Waals surface area contributed by atoms with E-state index in [1.54, 1.807) is 23.9 Å². The zero-order chi connectivity index (χ0) is 11.5. The molecule has 0 saturated carbocycles. The lowest BCUT2D eigenvalue weighted by Crippen LogP contribution is -2.13. The Morgan fingerprint density at radius 1 is 1.50 bits per heavy atom. The molecule has 4 nitrogen and oxygen atoms in total. The second-order valence-corrected chi connectivity index (χ2v) is 4.84. The number of rotatable bonds is 3. The molecule has 0 radical (unpaired) electrons. The summed E-state index contributed by atoms with van der Waals surface area (Å²) in [5, 5.41) is 10.6. The molecule has 1 saturated heterocycles. The van der Waals surface area contributed by atoms with E-state index in [1.165, 1.54) is 6.07 Å². The van der Waals surface area contributed by atoms with Crippen LogP contribution in [0.5, 0.6) is 0 Å². The number of nitro benzene ring substituents is 1. The maximum atomic E-state index is 11.4. The predicted molar refractivity (Wildman–Crippen MR) is 62.6 cm³/mol. The van der Waals surface area contributed by atoms with E-state index in [4.69, 9.17) is 0 Å². The number of ketones is 1. The first-order valence-electron chi connectivity index (χ1n) is 5.00. The number of nitro groups is 1. The van der Waals surface area contributed by atoms with E-state index in [-0.39, 0.29) is 17.4 Å². The summed E-state index contributed by atoms with van der Waals surface area (Å²) in [5.74, 6) is 1.71. The molecule has 0 amide bonds. The highest BCUT2D eigenvalue weighted by molar-refractivity contribution is 8.00. The number of hydrogen-bond donors (Lipinski definition) is 0. The summed E-state index contributed by atoms with van der Waals surface area (Å²) in [6.07, 6.45) is 0.619. The van der Waals surface area contributed by atoms with Crippen molar-refractivity contribution >= 4 is 23.2 Å². The van der Waals surface area contributed by atoms with Crippen molar-refractivity contribution in [3.8, 4) is 0 Å². The number of non-ortho nitro benzene ring substituents is 1. The minimum Gasteiger partial charge on any atom is -0.298 e. The first-order valence-corrected chi connectivity index (χ1v) is 6.16. The van der Waals surface area contributed by atoms with Gasteiger partial charge in [-0.25, -0.2) is 0 Å². The van der Waals surface area contributed by atoms with Gasteiger partial charge in [-0.05, 0) is 12.0 Å². The van der Waals surface area contributed by atoms with E-state index >= 15 is 0 Å². The van der Waals surface area contributed by atoms with Crippen LogP contribution in [0.3, 0.4) is 0 Å². The van der Waals surface area contributed by atoms with Crippen molar-refractivity contribution in [3.63, 3.8) is 0 Å². The Hall–Kier alpha value is -1.36. The Kier molecular flexibility index (Phi) is 3.24. The fourth-order valence-corrected chi connectivity index (χ4v) is 2.91. The van der Waals surface area contributed by atoms with Gasteiger partial charge in [-0.15, -0.1) is 0 Å². The number of carbonyl (C=O) groups is 1. The quantitative estimate of drug-likeness (QED) is 0.596. The van der Waals surface area contributed by atoms with Crippen LogP contribution in [0.1, 0.15) is 5.56 Å². The Labute approximate surface area is 97.2 Å². The lowest BCUT2D eigenvalue weighted by atomic mass is 9.98. The second-order valence-electron chi connectivity index (χ2n) is 3.81. The number of nitrogens with zero attached hydrogens (tertiary/aromatic N) is 1. The van der Waals surface area contributed by atoms with Crippen molar-refractivity contribution in [2.24, 2.45) is 5.92 Å². The molecule has 0 aromatic heterocycles. The standard InChI is InChI=1S/C11H11NO3S/c13-11-7-16-6-9(11)4-8-2-1-3-10(5-8)12(14)15/h1-3,5,9H,4,6-7H2. The van der Waals surface area contributed by atoms with Crippen molar-refractivity contribution in [3.05, 3.63) is 39.9 Å². The van der Waals surface area contributed by atoms with Gasteiger partial charge in [0.1, 0.15) is 5.78 Å². The maximum Gasteiger partial charge on any atom is 0.269 e. The van der Waals surface area contributed by atoms with E-state index < -0.39 is 4.92 Å². The average molecular weight is 237 g/mol. The highest BCUT2D eigenvalue weighted by Crippen LogP contribution is 2.25. The fraction of sp³-hybridized carbons (Fsp3) is 0.364. The van der Waals surface area contributed by atoms with Crippen LogP contribution in [0.4, 0.5) is 5.69 Å². The molecule has 0 bridgehead atoms. The van der Waals surface area contributed by atoms with E-state index in [2.05, 4.69) is 0 Å². The number of hydrogen-bond acceptors (Lipinski definition) is 4. The van der Waals surface area contributed by atoms with Crippen molar-refractivity contribution < 1.29 is 9.72 Å². The lowest BCUT2D eigenvalue weighted by molar-refractivity contribution is -0.384. The topological polar surface area (TPSA) is 60.2 Å². The van der Waals surface area contributed by atoms with Gasteiger partial charge < -0.3 is 0 Å². The van der Waals surface area contributed by atoms with Gasteiger partial charge in [0.05, 0.1) is 10.7 Å². The Balaban J connectivity index is 2.12. The van der Waals surface area contributed by atoms with Gasteiger partial charge in [0.15, 0.2) is 0 Å². The predicted octanol–water partition coefficient (Wildman–Crippen LogP) is 2.07. The number of benzene rings is 1. The van der Waals surface area contributed by atoms with Gasteiger partial charge in [-0.3, -0.25) is 14.9 Å². The van der Waals surface area contributed by atoms with Crippen LogP contribution >= 0.6 is 11.8 Å². The van der Waals surface area contributed by atoms with Crippen LogP contribution in [-0.2, 0) is 11.2 Å². The third kappa shape index (κ3) is 2.41. The Morgan fingerprint density at radius 2 is 2.31 bits per heavy atom. The van der Waals surface area contributed by atoms with E-state index in [9.17, 15) is 14.9 Å². The van der Waals surface area contributed by atoms with Crippen LogP contribution in [0.2, 0.25) is 0 Å². The summed E-state index contributed by atoms with van der Waals surface area (Å²) in [4.78, 5) is 21.6. The molecule has 5 heteroatoms. The third-order valence-corrected chi connectivity index (χ3v) is 3.75. The summed E-state index contributed by atoms with van der Waals surface area (Å²) in [7, 11) is 0. The van der Waals surface area contributed by atoms with Crippen LogP contribution in [0, 0.1) is 16.0 Å². The van der Waals surface area contributed by atoms with Gasteiger partial charge >= 0.3 is 0 Å². The Morgan fingerprint density at radius 3 is 2.94 bits per heavy atom. The largest absolute Gasteiger partial charge is 0.298 e. The molecule has 0 aliphatic carbocycles. The van der Waals surface area contributed by atoms with Crippen molar-refractivity contribution in [1.82, 2.24) is 0 Å². The van der Waals surface area contributed by atoms with Crippen LogP contribution in [0.15, 0.2) is 24.3 Å². The fourth-order valence-electron chi connectivity index (χ4n) is 1.77. The molecule has 0 N–H and O–H groups in total. The monoisotopic (exact) mass is 237 g/mol. The van der Waals surface area contributed by atoms with Crippen LogP contribution in [0.25, 0.3) is 0 Å². The molecule has 2 rings (SSSR count). The molecule has 1 aliphatic rings. The smallest absolute Gasteiger partial charge is 0.269 e. The zero-order valence-electron chi connectivity index (χ0n) is 8.59. The van der Waals surface area contributed by atoms with Crippen LogP contribution in [-0.4, -0.2) is 22.2 Å². The second kappa shape index (κ2) is 4.65. The molecule has 1 aliphatic heterocycles. The van der Waals surface area contributed by atoms with Gasteiger partial charge in [0.2, 0.25) is 0 Å². The number of carbonyl (C=O) groups excluding carboxylic acids is 1. The van der Waals surface area contributed by atoms with E-state index in [1.807, 2.05) is 6.07 Å². The van der Waals surface area contributed by atoms with Gasteiger partial charge in [-0.1, -0.05) is 12.1 Å². The summed E-state index contributed by atoms with van der Waals surface area (Å²) < 4.78 is 0. The molecule has 0 spiro atoms. The molecule has 16 heavy (non-hydrogen) atoms. The van der Waals surface area contributed by atoms with Gasteiger partial charge in [0.25, 0.3) is 5.69 Å². The lowest BCUT2D eigenvalue weighted by Gasteiger charge is -2.06. The van der Waals surface area contributed by atoms with Gasteiger partial charge in [0, 0.05) is 23.8 Å². The van der Waals surface area contributed by atoms with Crippen molar-refractivity contribution in [2.75, 3.05) is 11.5 Å². The van der Waals surface area contributed by atoms with E-state index in [0.717, 1.165) is 11.3 Å². The molecule has 1 unspecified atom stereocenters. The molecular formula is C11H11NO3S. The Bertz CT molecular complexity index is 433. The molecule has 1 heterocycles. The molecular weight excluding hydrogens is 226 g/mol. The molecule has 1 fully saturated rings. The molecule has 1 atom stereocenters. The maximum absolute atomic E-state index is 11.4. The normalized spacial score (nSPS) is 20.0. The van der Waals surface area contributed by atoms with E-state index in [0.29, 0.717) is 12.2 Å². The van der Waals surface area contributed by atoms with Crippen molar-refractivity contribution in [1.29, 1.82) is 0 Å². The summed E-state index contributed by atoms with van der Waals surface area (Å²) in [5.41, 5.74) is 0.964. The first-order chi connectivity index (χ1) is 7.66. The summed E-state index contributed by atoms with van der Waals surface area (Å²) in [6.45, 7) is 0. The molecule has 1 aromatic rings. The van der Waals surface area contributed by atoms with Crippen LogP contribution < -0.4 is 0 Å². The molecule has 1 aromatic carbocycles. The highest BCUT2D eigenvalue weighted by Gasteiger charge is 2.25. The minimum atomic E-state index is -0.408. The number of Topliss-reactive ketones (excluding diaryl/α,β-unsaturated/α-hetero) is 1.